The quantitative estimate of drug-likeness (QED) is 0.889. The van der Waals surface area contributed by atoms with E-state index in [0.29, 0.717) is 11.6 Å². The van der Waals surface area contributed by atoms with E-state index < -0.39 is 0 Å². The molecule has 0 radical (unpaired) electrons. The number of benzene rings is 2. The maximum atomic E-state index is 11.0. The molecule has 0 heterocycles. The minimum atomic E-state index is -0.378. The van der Waals surface area contributed by atoms with Crippen molar-refractivity contribution in [3.63, 3.8) is 0 Å². The van der Waals surface area contributed by atoms with Gasteiger partial charge in [0.15, 0.2) is 0 Å². The van der Waals surface area contributed by atoms with Gasteiger partial charge in [-0.2, -0.15) is 0 Å². The predicted molar refractivity (Wildman–Crippen MR) is 81.3 cm³/mol. The van der Waals surface area contributed by atoms with E-state index in [2.05, 4.69) is 26.1 Å². The first-order chi connectivity index (χ1) is 9.06. The van der Waals surface area contributed by atoms with Crippen LogP contribution in [0.5, 0.6) is 0 Å². The van der Waals surface area contributed by atoms with Gasteiger partial charge in [-0.1, -0.05) is 57.2 Å². The van der Waals surface area contributed by atoms with Crippen LogP contribution in [0.3, 0.4) is 0 Å². The molecule has 2 aromatic rings. The van der Waals surface area contributed by atoms with Crippen molar-refractivity contribution in [1.29, 1.82) is 0 Å². The maximum Gasteiger partial charge on any atom is 0.249 e. The number of carbonyl (C=O) groups is 1. The number of nitrogens with two attached hydrogens (primary N) is 1. The third kappa shape index (κ3) is 4.72. The van der Waals surface area contributed by atoms with E-state index in [1.54, 1.807) is 6.07 Å². The molecule has 0 aliphatic heterocycles. The number of primary amides is 1. The van der Waals surface area contributed by atoms with E-state index in [-0.39, 0.29) is 5.91 Å². The summed E-state index contributed by atoms with van der Waals surface area (Å²) in [5.74, 6) is -0.378. The fourth-order valence-electron chi connectivity index (χ4n) is 1.85. The van der Waals surface area contributed by atoms with Gasteiger partial charge in [0.25, 0.3) is 0 Å². The van der Waals surface area contributed by atoms with Gasteiger partial charge in [0.05, 0.1) is 0 Å². The SMILES string of the molecule is CCNC(C)C.NC(=O)c1cccc2ccccc12. The first-order valence-corrected chi connectivity index (χ1v) is 6.57. The highest BCUT2D eigenvalue weighted by molar-refractivity contribution is 6.06. The topological polar surface area (TPSA) is 55.1 Å². The largest absolute Gasteiger partial charge is 0.366 e. The lowest BCUT2D eigenvalue weighted by molar-refractivity contribution is 0.100. The average molecular weight is 258 g/mol. The summed E-state index contributed by atoms with van der Waals surface area (Å²) in [6.45, 7) is 7.48. The fraction of sp³-hybridized carbons (Fsp3) is 0.312. The van der Waals surface area contributed by atoms with Gasteiger partial charge in [0.2, 0.25) is 5.91 Å². The molecular formula is C16H22N2O. The van der Waals surface area contributed by atoms with Crippen LogP contribution in [-0.2, 0) is 0 Å². The highest BCUT2D eigenvalue weighted by Gasteiger charge is 2.03. The lowest BCUT2D eigenvalue weighted by Gasteiger charge is -2.01. The second-order valence-corrected chi connectivity index (χ2v) is 4.60. The number of nitrogens with one attached hydrogen (secondary N) is 1. The maximum absolute atomic E-state index is 11.0. The molecule has 0 atom stereocenters. The Balaban J connectivity index is 0.000000258. The van der Waals surface area contributed by atoms with Crippen molar-refractivity contribution >= 4 is 16.7 Å². The summed E-state index contributed by atoms with van der Waals surface area (Å²) >= 11 is 0. The molecule has 0 saturated carbocycles. The Bertz CT molecular complexity index is 530. The van der Waals surface area contributed by atoms with Crippen LogP contribution in [0.1, 0.15) is 31.1 Å². The van der Waals surface area contributed by atoms with Crippen LogP contribution in [0.2, 0.25) is 0 Å². The van der Waals surface area contributed by atoms with Gasteiger partial charge in [0, 0.05) is 11.6 Å². The van der Waals surface area contributed by atoms with E-state index >= 15 is 0 Å². The molecule has 0 bridgehead atoms. The Hall–Kier alpha value is -1.87. The zero-order chi connectivity index (χ0) is 14.3. The fourth-order valence-corrected chi connectivity index (χ4v) is 1.85. The number of rotatable bonds is 3. The highest BCUT2D eigenvalue weighted by Crippen LogP contribution is 2.17. The molecule has 0 aromatic heterocycles. The second kappa shape index (κ2) is 7.54. The van der Waals surface area contributed by atoms with Crippen molar-refractivity contribution in [3.05, 3.63) is 48.0 Å². The summed E-state index contributed by atoms with van der Waals surface area (Å²) in [6, 6.07) is 13.9. The lowest BCUT2D eigenvalue weighted by atomic mass is 10.0. The van der Waals surface area contributed by atoms with Crippen LogP contribution in [0.15, 0.2) is 42.5 Å². The van der Waals surface area contributed by atoms with Crippen molar-refractivity contribution in [2.45, 2.75) is 26.8 Å². The minimum absolute atomic E-state index is 0.378. The first kappa shape index (κ1) is 15.2. The van der Waals surface area contributed by atoms with Crippen LogP contribution in [0.4, 0.5) is 0 Å². The Morgan fingerprint density at radius 3 is 2.32 bits per heavy atom. The predicted octanol–water partition coefficient (Wildman–Crippen LogP) is 2.94. The molecule has 0 unspecified atom stereocenters. The first-order valence-electron chi connectivity index (χ1n) is 6.57. The number of hydrogen-bond donors (Lipinski definition) is 2. The summed E-state index contributed by atoms with van der Waals surface area (Å²) < 4.78 is 0. The number of hydrogen-bond acceptors (Lipinski definition) is 2. The Morgan fingerprint density at radius 1 is 1.16 bits per heavy atom. The van der Waals surface area contributed by atoms with E-state index in [4.69, 9.17) is 5.73 Å². The van der Waals surface area contributed by atoms with Gasteiger partial charge in [-0.3, -0.25) is 4.79 Å². The summed E-state index contributed by atoms with van der Waals surface area (Å²) in [5.41, 5.74) is 5.82. The molecule has 3 N–H and O–H groups in total. The molecule has 2 rings (SSSR count). The average Bonchev–Trinajstić information content (AvgIpc) is 2.38. The summed E-state index contributed by atoms with van der Waals surface area (Å²) in [5, 5.41) is 5.16. The van der Waals surface area contributed by atoms with Crippen molar-refractivity contribution in [3.8, 4) is 0 Å². The van der Waals surface area contributed by atoms with Crippen molar-refractivity contribution < 1.29 is 4.79 Å². The second-order valence-electron chi connectivity index (χ2n) is 4.60. The number of amides is 1. The van der Waals surface area contributed by atoms with Crippen LogP contribution in [0, 0.1) is 0 Å². The zero-order valence-electron chi connectivity index (χ0n) is 11.8. The third-order valence-electron chi connectivity index (χ3n) is 2.67. The Morgan fingerprint density at radius 2 is 1.79 bits per heavy atom. The van der Waals surface area contributed by atoms with Crippen LogP contribution >= 0.6 is 0 Å². The van der Waals surface area contributed by atoms with Crippen molar-refractivity contribution in [2.24, 2.45) is 5.73 Å². The molecule has 19 heavy (non-hydrogen) atoms. The van der Waals surface area contributed by atoms with Crippen LogP contribution in [0.25, 0.3) is 10.8 Å². The van der Waals surface area contributed by atoms with Gasteiger partial charge in [0.1, 0.15) is 0 Å². The highest BCUT2D eigenvalue weighted by atomic mass is 16.1. The normalized spacial score (nSPS) is 10.1. The molecule has 3 heteroatoms. The molecule has 3 nitrogen and oxygen atoms in total. The minimum Gasteiger partial charge on any atom is -0.366 e. The van der Waals surface area contributed by atoms with Crippen molar-refractivity contribution in [1.82, 2.24) is 5.32 Å². The monoisotopic (exact) mass is 258 g/mol. The van der Waals surface area contributed by atoms with Gasteiger partial charge >= 0.3 is 0 Å². The van der Waals surface area contributed by atoms with E-state index in [0.717, 1.165) is 17.3 Å². The molecular weight excluding hydrogens is 236 g/mol. The number of carbonyl (C=O) groups excluding carboxylic acids is 1. The van der Waals surface area contributed by atoms with Crippen LogP contribution < -0.4 is 11.1 Å². The standard InChI is InChI=1S/C11H9NO.C5H13N/c12-11(13)10-7-3-5-8-4-1-2-6-9(8)10;1-4-6-5(2)3/h1-7H,(H2,12,13);5-6H,4H2,1-3H3. The van der Waals surface area contributed by atoms with Gasteiger partial charge < -0.3 is 11.1 Å². The summed E-state index contributed by atoms with van der Waals surface area (Å²) in [7, 11) is 0. The zero-order valence-corrected chi connectivity index (χ0v) is 11.8. The van der Waals surface area contributed by atoms with Gasteiger partial charge in [-0.05, 0) is 23.4 Å². The molecule has 2 aromatic carbocycles. The third-order valence-corrected chi connectivity index (χ3v) is 2.67. The Labute approximate surface area is 114 Å². The lowest BCUT2D eigenvalue weighted by Crippen LogP contribution is -2.21. The van der Waals surface area contributed by atoms with Gasteiger partial charge in [-0.15, -0.1) is 0 Å². The molecule has 0 saturated heterocycles. The Kier molecular flexibility index (Phi) is 6.03. The molecule has 102 valence electrons. The van der Waals surface area contributed by atoms with Crippen LogP contribution in [-0.4, -0.2) is 18.5 Å². The van der Waals surface area contributed by atoms with E-state index in [1.807, 2.05) is 36.4 Å². The smallest absolute Gasteiger partial charge is 0.249 e. The van der Waals surface area contributed by atoms with E-state index in [9.17, 15) is 4.79 Å². The van der Waals surface area contributed by atoms with Gasteiger partial charge in [-0.25, -0.2) is 0 Å². The molecule has 0 aliphatic carbocycles. The molecule has 0 spiro atoms. The van der Waals surface area contributed by atoms with E-state index in [1.165, 1.54) is 0 Å². The molecule has 0 fully saturated rings. The molecule has 1 amide bonds. The summed E-state index contributed by atoms with van der Waals surface area (Å²) in [4.78, 5) is 11.0. The number of fused-ring (bicyclic) bond motifs is 1. The summed E-state index contributed by atoms with van der Waals surface area (Å²) in [6.07, 6.45) is 0. The molecule has 0 aliphatic rings. The van der Waals surface area contributed by atoms with Crippen molar-refractivity contribution in [2.75, 3.05) is 6.54 Å².